The van der Waals surface area contributed by atoms with Crippen molar-refractivity contribution in [2.24, 2.45) is 5.41 Å². The molecule has 1 aromatic carbocycles. The molecule has 1 aromatic rings. The van der Waals surface area contributed by atoms with Crippen LogP contribution in [0.5, 0.6) is 0 Å². The number of hydrogen-bond acceptors (Lipinski definition) is 4. The summed E-state index contributed by atoms with van der Waals surface area (Å²) in [6.07, 6.45) is 2.26. The minimum Gasteiger partial charge on any atom is -0.380 e. The summed E-state index contributed by atoms with van der Waals surface area (Å²) in [5, 5.41) is 3.96. The van der Waals surface area contributed by atoms with Gasteiger partial charge in [0.25, 0.3) is 0 Å². The summed E-state index contributed by atoms with van der Waals surface area (Å²) in [7, 11) is -3.21. The van der Waals surface area contributed by atoms with E-state index in [-0.39, 0.29) is 0 Å². The molecule has 1 atom stereocenters. The standard InChI is InChI=1S/C14H20ClNO2S2/c1-14(2)7-10(8-19-9-14)16-13-6-11(20(3,17)18)4-5-12(13)15/h4-6,10,16H,7-9H2,1-3H3. The van der Waals surface area contributed by atoms with Gasteiger partial charge in [0.1, 0.15) is 0 Å². The summed E-state index contributed by atoms with van der Waals surface area (Å²) in [6.45, 7) is 4.50. The van der Waals surface area contributed by atoms with Crippen molar-refractivity contribution in [2.45, 2.75) is 31.2 Å². The Labute approximate surface area is 130 Å². The molecule has 6 heteroatoms. The number of benzene rings is 1. The Kier molecular flexibility index (Phi) is 4.62. The van der Waals surface area contributed by atoms with Crippen LogP contribution in [0.4, 0.5) is 5.69 Å². The van der Waals surface area contributed by atoms with Gasteiger partial charge in [-0.15, -0.1) is 0 Å². The van der Waals surface area contributed by atoms with Crippen molar-refractivity contribution >= 4 is 38.9 Å². The SMILES string of the molecule is CC1(C)CSCC(Nc2cc(S(C)(=O)=O)ccc2Cl)C1. The molecule has 1 unspecified atom stereocenters. The van der Waals surface area contributed by atoms with Crippen molar-refractivity contribution in [1.82, 2.24) is 0 Å². The predicted molar refractivity (Wildman–Crippen MR) is 87.7 cm³/mol. The van der Waals surface area contributed by atoms with Crippen LogP contribution in [0.25, 0.3) is 0 Å². The van der Waals surface area contributed by atoms with Crippen LogP contribution in [0.15, 0.2) is 23.1 Å². The van der Waals surface area contributed by atoms with Crippen molar-refractivity contribution in [2.75, 3.05) is 23.1 Å². The van der Waals surface area contributed by atoms with Crippen LogP contribution in [0.2, 0.25) is 5.02 Å². The quantitative estimate of drug-likeness (QED) is 0.916. The summed E-state index contributed by atoms with van der Waals surface area (Å²) in [6, 6.07) is 5.13. The van der Waals surface area contributed by atoms with Crippen molar-refractivity contribution in [3.05, 3.63) is 23.2 Å². The summed E-state index contributed by atoms with van der Waals surface area (Å²) in [5.41, 5.74) is 1.000. The average molecular weight is 334 g/mol. The second-order valence-corrected chi connectivity index (χ2v) is 9.59. The highest BCUT2D eigenvalue weighted by Gasteiger charge is 2.28. The zero-order chi connectivity index (χ0) is 15.0. The predicted octanol–water partition coefficient (Wildman–Crippen LogP) is 3.69. The highest BCUT2D eigenvalue weighted by atomic mass is 35.5. The molecule has 1 aliphatic rings. The smallest absolute Gasteiger partial charge is 0.175 e. The second-order valence-electron chi connectivity index (χ2n) is 6.14. The molecule has 1 heterocycles. The van der Waals surface area contributed by atoms with E-state index in [2.05, 4.69) is 19.2 Å². The molecule has 3 nitrogen and oxygen atoms in total. The number of hydrogen-bond donors (Lipinski definition) is 1. The van der Waals surface area contributed by atoms with Gasteiger partial charge in [-0.05, 0) is 35.8 Å². The molecule has 0 aliphatic carbocycles. The first kappa shape index (κ1) is 16.0. The van der Waals surface area contributed by atoms with Crippen LogP contribution < -0.4 is 5.32 Å². The van der Waals surface area contributed by atoms with Crippen LogP contribution in [0.1, 0.15) is 20.3 Å². The topological polar surface area (TPSA) is 46.2 Å². The zero-order valence-electron chi connectivity index (χ0n) is 11.9. The van der Waals surface area contributed by atoms with Gasteiger partial charge in [0, 0.05) is 18.1 Å². The van der Waals surface area contributed by atoms with E-state index in [1.165, 1.54) is 6.26 Å². The fourth-order valence-electron chi connectivity index (χ4n) is 2.42. The molecular formula is C14H20ClNO2S2. The van der Waals surface area contributed by atoms with Gasteiger partial charge < -0.3 is 5.32 Å². The van der Waals surface area contributed by atoms with Crippen molar-refractivity contribution < 1.29 is 8.42 Å². The van der Waals surface area contributed by atoms with Gasteiger partial charge in [-0.3, -0.25) is 0 Å². The summed E-state index contributed by atoms with van der Waals surface area (Å²) >= 11 is 8.09. The highest BCUT2D eigenvalue weighted by molar-refractivity contribution is 7.99. The lowest BCUT2D eigenvalue weighted by molar-refractivity contribution is 0.358. The van der Waals surface area contributed by atoms with Crippen LogP contribution in [-0.2, 0) is 9.84 Å². The van der Waals surface area contributed by atoms with E-state index in [4.69, 9.17) is 11.6 Å². The van der Waals surface area contributed by atoms with Gasteiger partial charge in [0.2, 0.25) is 0 Å². The van der Waals surface area contributed by atoms with E-state index in [0.717, 1.165) is 17.9 Å². The van der Waals surface area contributed by atoms with E-state index in [0.29, 0.717) is 27.1 Å². The summed E-state index contributed by atoms with van der Waals surface area (Å²) < 4.78 is 23.2. The molecule has 0 aromatic heterocycles. The third-order valence-electron chi connectivity index (χ3n) is 3.34. The fraction of sp³-hybridized carbons (Fsp3) is 0.571. The van der Waals surface area contributed by atoms with Crippen LogP contribution in [0, 0.1) is 5.41 Å². The molecule has 0 saturated carbocycles. The minimum atomic E-state index is -3.21. The zero-order valence-corrected chi connectivity index (χ0v) is 14.3. The molecule has 1 N–H and O–H groups in total. The first-order valence-corrected chi connectivity index (χ1v) is 9.94. The number of rotatable bonds is 3. The normalized spacial score (nSPS) is 22.5. The Balaban J connectivity index is 2.21. The highest BCUT2D eigenvalue weighted by Crippen LogP contribution is 2.36. The number of sulfone groups is 1. The van der Waals surface area contributed by atoms with Gasteiger partial charge >= 0.3 is 0 Å². The number of halogens is 1. The molecule has 0 spiro atoms. The van der Waals surface area contributed by atoms with Crippen LogP contribution in [0.3, 0.4) is 0 Å². The number of nitrogens with one attached hydrogen (secondary N) is 1. The first-order valence-electron chi connectivity index (χ1n) is 6.51. The summed E-state index contributed by atoms with van der Waals surface area (Å²) in [5.74, 6) is 2.17. The van der Waals surface area contributed by atoms with Gasteiger partial charge in [0.05, 0.1) is 15.6 Å². The molecule has 0 bridgehead atoms. The molecule has 0 radical (unpaired) electrons. The molecule has 1 saturated heterocycles. The molecular weight excluding hydrogens is 314 g/mol. The lowest BCUT2D eigenvalue weighted by atomic mass is 9.88. The third-order valence-corrected chi connectivity index (χ3v) is 6.40. The molecule has 112 valence electrons. The first-order chi connectivity index (χ1) is 9.17. The third kappa shape index (κ3) is 4.06. The maximum absolute atomic E-state index is 11.6. The Hall–Kier alpha value is -0.390. The number of thioether (sulfide) groups is 1. The fourth-order valence-corrected chi connectivity index (χ4v) is 4.51. The van der Waals surface area contributed by atoms with Gasteiger partial charge in [-0.2, -0.15) is 11.8 Å². The molecule has 1 fully saturated rings. The maximum atomic E-state index is 11.6. The van der Waals surface area contributed by atoms with E-state index in [1.807, 2.05) is 11.8 Å². The van der Waals surface area contributed by atoms with Crippen molar-refractivity contribution in [3.63, 3.8) is 0 Å². The Morgan fingerprint density at radius 3 is 2.70 bits per heavy atom. The monoisotopic (exact) mass is 333 g/mol. The van der Waals surface area contributed by atoms with Gasteiger partial charge in [-0.1, -0.05) is 25.4 Å². The van der Waals surface area contributed by atoms with Crippen LogP contribution >= 0.6 is 23.4 Å². The van der Waals surface area contributed by atoms with Gasteiger partial charge in [0.15, 0.2) is 9.84 Å². The van der Waals surface area contributed by atoms with E-state index >= 15 is 0 Å². The Bertz CT molecular complexity index is 599. The maximum Gasteiger partial charge on any atom is 0.175 e. The van der Waals surface area contributed by atoms with E-state index in [1.54, 1.807) is 18.2 Å². The molecule has 0 amide bonds. The summed E-state index contributed by atoms with van der Waals surface area (Å²) in [4.78, 5) is 0.298. The Morgan fingerprint density at radius 2 is 2.10 bits per heavy atom. The van der Waals surface area contributed by atoms with Crippen molar-refractivity contribution in [3.8, 4) is 0 Å². The van der Waals surface area contributed by atoms with Crippen LogP contribution in [-0.4, -0.2) is 32.2 Å². The number of anilines is 1. The lowest BCUT2D eigenvalue weighted by Crippen LogP contribution is -2.35. The Morgan fingerprint density at radius 1 is 1.40 bits per heavy atom. The average Bonchev–Trinajstić information content (AvgIpc) is 2.29. The minimum absolute atomic E-state index is 0.293. The van der Waals surface area contributed by atoms with E-state index < -0.39 is 9.84 Å². The molecule has 1 aliphatic heterocycles. The van der Waals surface area contributed by atoms with Crippen molar-refractivity contribution in [1.29, 1.82) is 0 Å². The lowest BCUT2D eigenvalue weighted by Gasteiger charge is -2.35. The van der Waals surface area contributed by atoms with Gasteiger partial charge in [-0.25, -0.2) is 8.42 Å². The molecule has 2 rings (SSSR count). The largest absolute Gasteiger partial charge is 0.380 e. The van der Waals surface area contributed by atoms with E-state index in [9.17, 15) is 8.42 Å². The second kappa shape index (κ2) is 5.78. The molecule has 20 heavy (non-hydrogen) atoms.